The molecule has 0 unspecified atom stereocenters. The molecule has 0 radical (unpaired) electrons. The van der Waals surface area contributed by atoms with Crippen LogP contribution in [0, 0.1) is 0 Å². The number of aliphatic imine (C=N–C) groups is 1. The highest BCUT2D eigenvalue weighted by Crippen LogP contribution is 2.14. The van der Waals surface area contributed by atoms with Crippen LogP contribution in [-0.4, -0.2) is 18.8 Å². The van der Waals surface area contributed by atoms with Crippen LogP contribution < -0.4 is 0 Å². The van der Waals surface area contributed by atoms with Crippen molar-refractivity contribution in [1.29, 1.82) is 0 Å². The third-order valence-electron chi connectivity index (χ3n) is 2.26. The van der Waals surface area contributed by atoms with Crippen LogP contribution in [0.1, 0.15) is 23.0 Å². The largest absolute Gasteiger partial charge is 0.463 e. The van der Waals surface area contributed by atoms with Crippen LogP contribution in [0.25, 0.3) is 0 Å². The van der Waals surface area contributed by atoms with Crippen LogP contribution in [0.15, 0.2) is 52.1 Å². The molecular formula is C14H13NO3. The Hall–Kier alpha value is -2.36. The van der Waals surface area contributed by atoms with Crippen LogP contribution >= 0.6 is 0 Å². The number of ether oxygens (including phenoxy) is 1. The third-order valence-corrected chi connectivity index (χ3v) is 2.26. The molecule has 0 aliphatic heterocycles. The quantitative estimate of drug-likeness (QED) is 0.612. The van der Waals surface area contributed by atoms with E-state index in [1.165, 1.54) is 0 Å². The Kier molecular flexibility index (Phi) is 3.91. The standard InChI is InChI=1S/C14H13NO3/c1-2-17-14(16)11-5-7-12(8-6-11)15-10-13-4-3-9-18-13/h3-10H,2H2,1H3. The minimum absolute atomic E-state index is 0.320. The highest BCUT2D eigenvalue weighted by Gasteiger charge is 2.04. The summed E-state index contributed by atoms with van der Waals surface area (Å²) in [5.74, 6) is 0.364. The zero-order chi connectivity index (χ0) is 12.8. The summed E-state index contributed by atoms with van der Waals surface area (Å²) in [4.78, 5) is 15.6. The van der Waals surface area contributed by atoms with E-state index in [0.717, 1.165) is 5.69 Å². The number of rotatable bonds is 4. The van der Waals surface area contributed by atoms with E-state index in [1.807, 2.05) is 6.07 Å². The molecule has 0 aliphatic carbocycles. The number of esters is 1. The zero-order valence-corrected chi connectivity index (χ0v) is 10.00. The molecule has 0 aliphatic rings. The number of benzene rings is 1. The van der Waals surface area contributed by atoms with Gasteiger partial charge in [-0.3, -0.25) is 4.99 Å². The molecule has 0 spiro atoms. The second-order valence-corrected chi connectivity index (χ2v) is 3.54. The van der Waals surface area contributed by atoms with Crippen LogP contribution in [0.4, 0.5) is 5.69 Å². The summed E-state index contributed by atoms with van der Waals surface area (Å²) in [6.45, 7) is 2.15. The molecular weight excluding hydrogens is 230 g/mol. The van der Waals surface area contributed by atoms with Gasteiger partial charge in [-0.2, -0.15) is 0 Å². The summed E-state index contributed by atoms with van der Waals surface area (Å²) >= 11 is 0. The molecule has 2 aromatic rings. The Morgan fingerprint density at radius 2 is 2.11 bits per heavy atom. The second kappa shape index (κ2) is 5.82. The van der Waals surface area contributed by atoms with Crippen molar-refractivity contribution >= 4 is 17.9 Å². The van der Waals surface area contributed by atoms with Gasteiger partial charge in [-0.25, -0.2) is 4.79 Å². The summed E-state index contributed by atoms with van der Waals surface area (Å²) in [5, 5.41) is 0. The Morgan fingerprint density at radius 1 is 1.33 bits per heavy atom. The lowest BCUT2D eigenvalue weighted by atomic mass is 10.2. The van der Waals surface area contributed by atoms with Crippen molar-refractivity contribution < 1.29 is 13.9 Å². The van der Waals surface area contributed by atoms with Gasteiger partial charge in [0.25, 0.3) is 0 Å². The number of furan rings is 1. The zero-order valence-electron chi connectivity index (χ0n) is 10.00. The van der Waals surface area contributed by atoms with E-state index in [0.29, 0.717) is 17.9 Å². The average molecular weight is 243 g/mol. The smallest absolute Gasteiger partial charge is 0.338 e. The highest BCUT2D eigenvalue weighted by molar-refractivity contribution is 5.89. The predicted molar refractivity (Wildman–Crippen MR) is 68.4 cm³/mol. The number of carbonyl (C=O) groups excluding carboxylic acids is 1. The molecule has 0 fully saturated rings. The van der Waals surface area contributed by atoms with Gasteiger partial charge in [-0.05, 0) is 43.3 Å². The first kappa shape index (κ1) is 12.1. The number of nitrogens with zero attached hydrogens (tertiary/aromatic N) is 1. The van der Waals surface area contributed by atoms with Gasteiger partial charge in [0.15, 0.2) is 0 Å². The first-order valence-corrected chi connectivity index (χ1v) is 5.64. The van der Waals surface area contributed by atoms with Gasteiger partial charge in [0.2, 0.25) is 0 Å². The maximum absolute atomic E-state index is 11.4. The minimum atomic E-state index is -0.320. The molecule has 0 atom stereocenters. The maximum atomic E-state index is 11.4. The first-order chi connectivity index (χ1) is 8.79. The van der Waals surface area contributed by atoms with E-state index in [1.54, 1.807) is 49.7 Å². The monoisotopic (exact) mass is 243 g/mol. The molecule has 0 bridgehead atoms. The van der Waals surface area contributed by atoms with Crippen molar-refractivity contribution in [3.05, 3.63) is 54.0 Å². The lowest BCUT2D eigenvalue weighted by molar-refractivity contribution is 0.0526. The highest BCUT2D eigenvalue weighted by atomic mass is 16.5. The van der Waals surface area contributed by atoms with E-state index >= 15 is 0 Å². The summed E-state index contributed by atoms with van der Waals surface area (Å²) in [6, 6.07) is 10.5. The van der Waals surface area contributed by atoms with E-state index in [4.69, 9.17) is 9.15 Å². The van der Waals surface area contributed by atoms with Gasteiger partial charge < -0.3 is 9.15 Å². The SMILES string of the molecule is CCOC(=O)c1ccc(N=Cc2ccco2)cc1. The van der Waals surface area contributed by atoms with E-state index < -0.39 is 0 Å². The average Bonchev–Trinajstić information content (AvgIpc) is 2.90. The third kappa shape index (κ3) is 3.07. The topological polar surface area (TPSA) is 51.8 Å². The molecule has 18 heavy (non-hydrogen) atoms. The Morgan fingerprint density at radius 3 is 2.72 bits per heavy atom. The molecule has 0 N–H and O–H groups in total. The summed E-state index contributed by atoms with van der Waals surface area (Å²) < 4.78 is 10.0. The van der Waals surface area contributed by atoms with Crippen LogP contribution in [-0.2, 0) is 4.74 Å². The van der Waals surface area contributed by atoms with Gasteiger partial charge >= 0.3 is 5.97 Å². The van der Waals surface area contributed by atoms with Crippen molar-refractivity contribution in [2.45, 2.75) is 6.92 Å². The van der Waals surface area contributed by atoms with Gasteiger partial charge in [0.1, 0.15) is 5.76 Å². The first-order valence-electron chi connectivity index (χ1n) is 5.64. The predicted octanol–water partition coefficient (Wildman–Crippen LogP) is 3.21. The molecule has 1 aromatic carbocycles. The normalized spacial score (nSPS) is 10.7. The maximum Gasteiger partial charge on any atom is 0.338 e. The fourth-order valence-corrected chi connectivity index (χ4v) is 1.40. The number of hydrogen-bond donors (Lipinski definition) is 0. The Labute approximate surface area is 105 Å². The van der Waals surface area contributed by atoms with Gasteiger partial charge in [-0.15, -0.1) is 0 Å². The fraction of sp³-hybridized carbons (Fsp3) is 0.143. The fourth-order valence-electron chi connectivity index (χ4n) is 1.40. The van der Waals surface area contributed by atoms with Crippen molar-refractivity contribution in [3.63, 3.8) is 0 Å². The van der Waals surface area contributed by atoms with E-state index in [9.17, 15) is 4.79 Å². The number of carbonyl (C=O) groups is 1. The molecule has 1 aromatic heterocycles. The minimum Gasteiger partial charge on any atom is -0.463 e. The Bertz CT molecular complexity index is 527. The van der Waals surface area contributed by atoms with Crippen molar-refractivity contribution in [3.8, 4) is 0 Å². The van der Waals surface area contributed by atoms with Gasteiger partial charge in [-0.1, -0.05) is 0 Å². The van der Waals surface area contributed by atoms with Gasteiger partial charge in [0.05, 0.1) is 30.3 Å². The van der Waals surface area contributed by atoms with E-state index in [-0.39, 0.29) is 5.97 Å². The molecule has 0 amide bonds. The summed E-state index contributed by atoms with van der Waals surface area (Å²) in [5.41, 5.74) is 1.27. The van der Waals surface area contributed by atoms with Crippen molar-refractivity contribution in [2.24, 2.45) is 4.99 Å². The second-order valence-electron chi connectivity index (χ2n) is 3.54. The van der Waals surface area contributed by atoms with Crippen molar-refractivity contribution in [1.82, 2.24) is 0 Å². The summed E-state index contributed by atoms with van der Waals surface area (Å²) in [6.07, 6.45) is 3.21. The Balaban J connectivity index is 2.06. The van der Waals surface area contributed by atoms with Gasteiger partial charge in [0, 0.05) is 0 Å². The molecule has 92 valence electrons. The van der Waals surface area contributed by atoms with Crippen molar-refractivity contribution in [2.75, 3.05) is 6.61 Å². The molecule has 1 heterocycles. The molecule has 2 rings (SSSR count). The lowest BCUT2D eigenvalue weighted by Gasteiger charge is -2.01. The lowest BCUT2D eigenvalue weighted by Crippen LogP contribution is -2.03. The van der Waals surface area contributed by atoms with E-state index in [2.05, 4.69) is 4.99 Å². The molecule has 4 nitrogen and oxygen atoms in total. The molecule has 0 saturated heterocycles. The van der Waals surface area contributed by atoms with Crippen LogP contribution in [0.2, 0.25) is 0 Å². The van der Waals surface area contributed by atoms with Crippen LogP contribution in [0.5, 0.6) is 0 Å². The molecule has 0 saturated carbocycles. The van der Waals surface area contributed by atoms with Crippen LogP contribution in [0.3, 0.4) is 0 Å². The summed E-state index contributed by atoms with van der Waals surface area (Å²) in [7, 11) is 0. The molecule has 4 heteroatoms. The number of hydrogen-bond acceptors (Lipinski definition) is 4.